The lowest BCUT2D eigenvalue weighted by molar-refractivity contribution is -0.135. The Balaban J connectivity index is 1.21. The summed E-state index contributed by atoms with van der Waals surface area (Å²) in [7, 11) is 0. The first kappa shape index (κ1) is 26.2. The van der Waals surface area contributed by atoms with Gasteiger partial charge in [0.2, 0.25) is 0 Å². The number of para-hydroxylation sites is 2. The summed E-state index contributed by atoms with van der Waals surface area (Å²) in [5.41, 5.74) is 8.93. The molecule has 0 aliphatic rings. The molecule has 0 fully saturated rings. The molecule has 3 aromatic heterocycles. The van der Waals surface area contributed by atoms with Gasteiger partial charge in [-0.1, -0.05) is 68.5 Å². The number of nitrogens with one attached hydrogen (secondary N) is 2. The quantitative estimate of drug-likeness (QED) is 0.126. The number of H-pyrrole nitrogens is 1. The Morgan fingerprint density at radius 1 is 0.725 bits per heavy atom. The van der Waals surface area contributed by atoms with Gasteiger partial charge in [0, 0.05) is 39.7 Å². The standard InChI is InChI=1S/C33H33F3N4/c34-33(35,36)17-11-5-3-1-2-4-6-14-25-22-40(39-32-20-24-13-8-10-16-29(24)38-32)31-21-30-26(19-27(25)31)18-23-12-7-9-15-28(23)37-30/h7-10,12-13,15-16,18-22,38-39H,1-6,11,14,17H2. The van der Waals surface area contributed by atoms with Crippen LogP contribution in [0.15, 0.2) is 79.0 Å². The third kappa shape index (κ3) is 5.93. The van der Waals surface area contributed by atoms with Crippen LogP contribution in [-0.2, 0) is 6.42 Å². The van der Waals surface area contributed by atoms with Gasteiger partial charge in [0.1, 0.15) is 5.82 Å². The lowest BCUT2D eigenvalue weighted by atomic mass is 10.0. The minimum absolute atomic E-state index is 0.241. The molecule has 0 unspecified atom stereocenters. The summed E-state index contributed by atoms with van der Waals surface area (Å²) in [5, 5.41) is 4.61. The molecule has 0 saturated heterocycles. The van der Waals surface area contributed by atoms with Gasteiger partial charge in [0.05, 0.1) is 16.6 Å². The number of nitrogens with zero attached hydrogens (tertiary/aromatic N) is 2. The number of aryl methyl sites for hydroxylation is 1. The van der Waals surface area contributed by atoms with Crippen LogP contribution in [0.2, 0.25) is 0 Å². The Morgan fingerprint density at radius 3 is 2.25 bits per heavy atom. The van der Waals surface area contributed by atoms with E-state index in [1.807, 2.05) is 30.3 Å². The van der Waals surface area contributed by atoms with Crippen molar-refractivity contribution in [3.05, 3.63) is 84.6 Å². The van der Waals surface area contributed by atoms with Gasteiger partial charge < -0.3 is 4.98 Å². The maximum Gasteiger partial charge on any atom is 0.389 e. The third-order valence-electron chi connectivity index (χ3n) is 7.70. The van der Waals surface area contributed by atoms with Crippen molar-refractivity contribution in [3.8, 4) is 0 Å². The smallest absolute Gasteiger partial charge is 0.340 e. The number of alkyl halides is 3. The number of rotatable bonds is 11. The second-order valence-corrected chi connectivity index (χ2v) is 10.7. The monoisotopic (exact) mass is 542 g/mol. The van der Waals surface area contributed by atoms with Crippen molar-refractivity contribution >= 4 is 49.4 Å². The number of anilines is 1. The molecule has 0 aliphatic heterocycles. The molecule has 6 rings (SSSR count). The van der Waals surface area contributed by atoms with Crippen LogP contribution in [0.25, 0.3) is 43.6 Å². The fourth-order valence-corrected chi connectivity index (χ4v) is 5.65. The topological polar surface area (TPSA) is 45.6 Å². The number of unbranched alkanes of at least 4 members (excludes halogenated alkanes) is 6. The molecule has 40 heavy (non-hydrogen) atoms. The number of hydrogen-bond acceptors (Lipinski definition) is 2. The highest BCUT2D eigenvalue weighted by Gasteiger charge is 2.25. The van der Waals surface area contributed by atoms with Crippen molar-refractivity contribution in [2.75, 3.05) is 5.43 Å². The van der Waals surface area contributed by atoms with E-state index in [1.165, 1.54) is 10.9 Å². The summed E-state index contributed by atoms with van der Waals surface area (Å²) in [5.74, 6) is 0.918. The molecule has 3 aromatic carbocycles. The van der Waals surface area contributed by atoms with E-state index in [0.29, 0.717) is 6.42 Å². The van der Waals surface area contributed by atoms with Crippen molar-refractivity contribution in [3.63, 3.8) is 0 Å². The Labute approximate surface area is 231 Å². The molecule has 0 atom stereocenters. The molecule has 0 amide bonds. The van der Waals surface area contributed by atoms with Gasteiger partial charge in [0.15, 0.2) is 0 Å². The van der Waals surface area contributed by atoms with E-state index >= 15 is 0 Å². The van der Waals surface area contributed by atoms with Gasteiger partial charge in [-0.05, 0) is 61.2 Å². The molecular formula is C33H33F3N4. The molecule has 3 heterocycles. The van der Waals surface area contributed by atoms with Crippen LogP contribution < -0.4 is 5.43 Å². The summed E-state index contributed by atoms with van der Waals surface area (Å²) in [6.45, 7) is 0. The first-order valence-electron chi connectivity index (χ1n) is 14.2. The third-order valence-corrected chi connectivity index (χ3v) is 7.70. The minimum Gasteiger partial charge on any atom is -0.340 e. The molecule has 206 valence electrons. The van der Waals surface area contributed by atoms with Crippen LogP contribution in [-0.4, -0.2) is 20.8 Å². The van der Waals surface area contributed by atoms with Crippen LogP contribution in [0, 0.1) is 0 Å². The van der Waals surface area contributed by atoms with Gasteiger partial charge in [-0.15, -0.1) is 0 Å². The van der Waals surface area contributed by atoms with Gasteiger partial charge >= 0.3 is 6.18 Å². The summed E-state index contributed by atoms with van der Waals surface area (Å²) in [4.78, 5) is 8.40. The van der Waals surface area contributed by atoms with E-state index in [0.717, 1.165) is 82.6 Å². The molecule has 0 saturated carbocycles. The molecule has 4 nitrogen and oxygen atoms in total. The van der Waals surface area contributed by atoms with Crippen LogP contribution in [0.1, 0.15) is 56.9 Å². The predicted molar refractivity (Wildman–Crippen MR) is 159 cm³/mol. The highest BCUT2D eigenvalue weighted by molar-refractivity contribution is 6.01. The number of aromatic nitrogens is 3. The van der Waals surface area contributed by atoms with Crippen molar-refractivity contribution in [1.29, 1.82) is 0 Å². The molecule has 0 bridgehead atoms. The Kier molecular flexibility index (Phi) is 7.37. The second-order valence-electron chi connectivity index (χ2n) is 10.7. The number of benzene rings is 3. The SMILES string of the molecule is FC(F)(F)CCCCCCCCCc1cn(Nc2cc3ccccc3[nH]2)c2cc3nc4ccccc4cc3cc12. The van der Waals surface area contributed by atoms with Crippen LogP contribution in [0.5, 0.6) is 0 Å². The first-order chi connectivity index (χ1) is 19.4. The Bertz CT molecular complexity index is 1730. The average Bonchev–Trinajstić information content (AvgIpc) is 3.49. The second kappa shape index (κ2) is 11.2. The van der Waals surface area contributed by atoms with Gasteiger partial charge in [-0.25, -0.2) is 4.98 Å². The zero-order valence-electron chi connectivity index (χ0n) is 22.4. The van der Waals surface area contributed by atoms with E-state index in [4.69, 9.17) is 4.98 Å². The zero-order valence-corrected chi connectivity index (χ0v) is 22.4. The Hall–Kier alpha value is -4.00. The zero-order chi connectivity index (χ0) is 27.5. The van der Waals surface area contributed by atoms with Crippen molar-refractivity contribution in [2.24, 2.45) is 0 Å². The summed E-state index contributed by atoms with van der Waals surface area (Å²) >= 11 is 0. The highest BCUT2D eigenvalue weighted by atomic mass is 19.4. The number of pyridine rings is 1. The highest BCUT2D eigenvalue weighted by Crippen LogP contribution is 2.30. The van der Waals surface area contributed by atoms with E-state index in [9.17, 15) is 13.2 Å². The fourth-order valence-electron chi connectivity index (χ4n) is 5.65. The molecular weight excluding hydrogens is 509 g/mol. The van der Waals surface area contributed by atoms with E-state index < -0.39 is 12.6 Å². The Morgan fingerprint density at radius 2 is 1.45 bits per heavy atom. The maximum absolute atomic E-state index is 12.3. The van der Waals surface area contributed by atoms with Crippen molar-refractivity contribution in [1.82, 2.24) is 14.6 Å². The first-order valence-corrected chi connectivity index (χ1v) is 14.2. The number of halogens is 3. The predicted octanol–water partition coefficient (Wildman–Crippen LogP) is 9.92. The summed E-state index contributed by atoms with van der Waals surface area (Å²) < 4.78 is 39.0. The normalized spacial score (nSPS) is 12.3. The van der Waals surface area contributed by atoms with Gasteiger partial charge in [-0.2, -0.15) is 13.2 Å². The van der Waals surface area contributed by atoms with E-state index in [2.05, 4.69) is 63.7 Å². The lowest BCUT2D eigenvalue weighted by Crippen LogP contribution is -2.07. The summed E-state index contributed by atoms with van der Waals surface area (Å²) in [6.07, 6.45) is 4.36. The number of hydrogen-bond donors (Lipinski definition) is 2. The minimum atomic E-state index is -4.03. The van der Waals surface area contributed by atoms with Crippen molar-refractivity contribution < 1.29 is 13.2 Å². The molecule has 0 radical (unpaired) electrons. The van der Waals surface area contributed by atoms with Gasteiger partial charge in [0.25, 0.3) is 0 Å². The van der Waals surface area contributed by atoms with Crippen LogP contribution >= 0.6 is 0 Å². The maximum atomic E-state index is 12.3. The van der Waals surface area contributed by atoms with E-state index in [1.54, 1.807) is 0 Å². The largest absolute Gasteiger partial charge is 0.389 e. The van der Waals surface area contributed by atoms with Crippen molar-refractivity contribution in [2.45, 2.75) is 64.0 Å². The molecule has 2 N–H and O–H groups in total. The molecule has 7 heteroatoms. The molecule has 6 aromatic rings. The van der Waals surface area contributed by atoms with Crippen LogP contribution in [0.3, 0.4) is 0 Å². The molecule has 0 aliphatic carbocycles. The fraction of sp³-hybridized carbons (Fsp3) is 0.303. The van der Waals surface area contributed by atoms with Gasteiger partial charge in [-0.3, -0.25) is 10.1 Å². The average molecular weight is 543 g/mol. The summed E-state index contributed by atoms with van der Waals surface area (Å²) in [6, 6.07) is 25.2. The van der Waals surface area contributed by atoms with E-state index in [-0.39, 0.29) is 6.42 Å². The molecule has 0 spiro atoms. The van der Waals surface area contributed by atoms with Crippen LogP contribution in [0.4, 0.5) is 19.0 Å². The number of fused-ring (bicyclic) bond motifs is 4. The lowest BCUT2D eigenvalue weighted by Gasteiger charge is -2.08. The number of aromatic amines is 1.